The van der Waals surface area contributed by atoms with E-state index >= 15 is 0 Å². The first-order valence-corrected chi connectivity index (χ1v) is 6.83. The number of carboxylic acids is 1. The highest BCUT2D eigenvalue weighted by Crippen LogP contribution is 2.25. The topological polar surface area (TPSA) is 162 Å². The number of anilines is 1. The molecule has 0 aliphatic heterocycles. The van der Waals surface area contributed by atoms with E-state index in [1.54, 1.807) is 0 Å². The zero-order valence-electron chi connectivity index (χ0n) is 12.9. The standard InChI is InChI=1S/C11H16N4O3.C2HF3O2/c12-5-1-2-6-14-9-4-3-8(11(13)16)7-10(9)15(17)18;3-2(4,5)1(6)7/h3-4,7,14H,1-2,5-6,12H2,(H2,13,16);(H,6,7). The molecule has 0 unspecified atom stereocenters. The summed E-state index contributed by atoms with van der Waals surface area (Å²) in [5.41, 5.74) is 10.8. The highest BCUT2D eigenvalue weighted by atomic mass is 19.4. The molecule has 0 fully saturated rings. The zero-order valence-corrected chi connectivity index (χ0v) is 12.9. The van der Waals surface area contributed by atoms with Crippen LogP contribution in [0.1, 0.15) is 23.2 Å². The number of aliphatic carboxylic acids is 1. The molecule has 140 valence electrons. The van der Waals surface area contributed by atoms with Crippen molar-refractivity contribution in [1.82, 2.24) is 0 Å². The Balaban J connectivity index is 0.000000697. The van der Waals surface area contributed by atoms with Crippen LogP contribution in [-0.4, -0.2) is 41.2 Å². The summed E-state index contributed by atoms with van der Waals surface area (Å²) in [6, 6.07) is 4.12. The van der Waals surface area contributed by atoms with Crippen molar-refractivity contribution in [2.75, 3.05) is 18.4 Å². The number of halogens is 3. The summed E-state index contributed by atoms with van der Waals surface area (Å²) in [6.07, 6.45) is -3.41. The Labute approximate surface area is 139 Å². The van der Waals surface area contributed by atoms with Crippen molar-refractivity contribution in [1.29, 1.82) is 0 Å². The number of nitrogens with zero attached hydrogens (tertiary/aromatic N) is 1. The van der Waals surface area contributed by atoms with Gasteiger partial charge >= 0.3 is 12.1 Å². The van der Waals surface area contributed by atoms with Crippen molar-refractivity contribution in [3.63, 3.8) is 0 Å². The number of amides is 1. The normalized spacial score (nSPS) is 10.4. The number of unbranched alkanes of at least 4 members (excludes halogenated alkanes) is 1. The van der Waals surface area contributed by atoms with E-state index in [1.165, 1.54) is 18.2 Å². The molecule has 0 heterocycles. The van der Waals surface area contributed by atoms with Gasteiger partial charge in [0, 0.05) is 18.2 Å². The molecule has 0 aromatic heterocycles. The lowest BCUT2D eigenvalue weighted by molar-refractivity contribution is -0.384. The molecule has 1 rings (SSSR count). The van der Waals surface area contributed by atoms with Crippen LogP contribution in [0.2, 0.25) is 0 Å². The maximum atomic E-state index is 11.0. The van der Waals surface area contributed by atoms with Crippen LogP contribution in [-0.2, 0) is 4.79 Å². The first kappa shape index (κ1) is 22.1. The fraction of sp³-hybridized carbons (Fsp3) is 0.385. The van der Waals surface area contributed by atoms with E-state index in [2.05, 4.69) is 5.32 Å². The van der Waals surface area contributed by atoms with Crippen molar-refractivity contribution < 1.29 is 32.8 Å². The monoisotopic (exact) mass is 366 g/mol. The largest absolute Gasteiger partial charge is 0.490 e. The van der Waals surface area contributed by atoms with E-state index in [0.717, 1.165) is 12.8 Å². The number of nitro benzene ring substituents is 1. The number of nitrogens with two attached hydrogens (primary N) is 2. The van der Waals surface area contributed by atoms with Crippen LogP contribution >= 0.6 is 0 Å². The maximum absolute atomic E-state index is 11.0. The van der Waals surface area contributed by atoms with Gasteiger partial charge in [0.2, 0.25) is 5.91 Å². The number of alkyl halides is 3. The quantitative estimate of drug-likeness (QED) is 0.323. The molecule has 0 saturated heterocycles. The molecule has 0 aliphatic carbocycles. The van der Waals surface area contributed by atoms with Crippen LogP contribution in [0.15, 0.2) is 18.2 Å². The minimum Gasteiger partial charge on any atom is -0.475 e. The number of carbonyl (C=O) groups is 2. The first-order valence-electron chi connectivity index (χ1n) is 6.83. The minimum atomic E-state index is -5.08. The van der Waals surface area contributed by atoms with Crippen molar-refractivity contribution in [3.8, 4) is 0 Å². The van der Waals surface area contributed by atoms with Gasteiger partial charge < -0.3 is 21.9 Å². The van der Waals surface area contributed by atoms with E-state index in [0.29, 0.717) is 18.8 Å². The number of nitrogens with one attached hydrogen (secondary N) is 1. The van der Waals surface area contributed by atoms with Crippen molar-refractivity contribution in [3.05, 3.63) is 33.9 Å². The Hall–Kier alpha value is -2.89. The molecule has 0 radical (unpaired) electrons. The average molecular weight is 366 g/mol. The number of primary amides is 1. The van der Waals surface area contributed by atoms with Gasteiger partial charge in [-0.2, -0.15) is 13.2 Å². The van der Waals surface area contributed by atoms with Gasteiger partial charge in [-0.25, -0.2) is 4.79 Å². The minimum absolute atomic E-state index is 0.120. The number of carbonyl (C=O) groups excluding carboxylic acids is 1. The lowest BCUT2D eigenvalue weighted by Gasteiger charge is -2.07. The fourth-order valence-corrected chi connectivity index (χ4v) is 1.48. The van der Waals surface area contributed by atoms with Crippen LogP contribution in [0.3, 0.4) is 0 Å². The van der Waals surface area contributed by atoms with E-state index in [1.807, 2.05) is 0 Å². The molecule has 1 amide bonds. The molecule has 25 heavy (non-hydrogen) atoms. The molecule has 6 N–H and O–H groups in total. The Morgan fingerprint density at radius 3 is 2.24 bits per heavy atom. The van der Waals surface area contributed by atoms with E-state index < -0.39 is 23.0 Å². The number of nitro groups is 1. The van der Waals surface area contributed by atoms with Gasteiger partial charge in [-0.15, -0.1) is 0 Å². The predicted octanol–water partition coefficient (Wildman–Crippen LogP) is 1.48. The summed E-state index contributed by atoms with van der Waals surface area (Å²) in [5.74, 6) is -3.44. The molecule has 0 spiro atoms. The Morgan fingerprint density at radius 2 is 1.84 bits per heavy atom. The predicted molar refractivity (Wildman–Crippen MR) is 82.1 cm³/mol. The Kier molecular flexibility index (Phi) is 8.91. The number of hydrogen-bond acceptors (Lipinski definition) is 6. The number of carboxylic acid groups (broad SMARTS) is 1. The summed E-state index contributed by atoms with van der Waals surface area (Å²) < 4.78 is 31.7. The maximum Gasteiger partial charge on any atom is 0.490 e. The average Bonchev–Trinajstić information content (AvgIpc) is 2.51. The summed E-state index contributed by atoms with van der Waals surface area (Å²) in [7, 11) is 0. The third kappa shape index (κ3) is 8.50. The molecular weight excluding hydrogens is 349 g/mol. The van der Waals surface area contributed by atoms with Crippen molar-refractivity contribution >= 4 is 23.3 Å². The smallest absolute Gasteiger partial charge is 0.475 e. The molecule has 0 aliphatic rings. The van der Waals surface area contributed by atoms with E-state index in [-0.39, 0.29) is 11.3 Å². The molecule has 1 aromatic carbocycles. The second-order valence-corrected chi connectivity index (χ2v) is 4.58. The lowest BCUT2D eigenvalue weighted by Crippen LogP contribution is -2.21. The Morgan fingerprint density at radius 1 is 1.28 bits per heavy atom. The second-order valence-electron chi connectivity index (χ2n) is 4.58. The summed E-state index contributed by atoms with van der Waals surface area (Å²) in [4.78, 5) is 30.2. The number of hydrogen-bond donors (Lipinski definition) is 4. The number of rotatable bonds is 7. The second kappa shape index (κ2) is 10.1. The fourth-order valence-electron chi connectivity index (χ4n) is 1.48. The first-order chi connectivity index (χ1) is 11.5. The van der Waals surface area contributed by atoms with Crippen LogP contribution in [0.4, 0.5) is 24.5 Å². The molecule has 9 nitrogen and oxygen atoms in total. The van der Waals surface area contributed by atoms with Crippen LogP contribution in [0.25, 0.3) is 0 Å². The van der Waals surface area contributed by atoms with Gasteiger partial charge in [0.25, 0.3) is 5.69 Å². The summed E-state index contributed by atoms with van der Waals surface area (Å²) in [6.45, 7) is 1.18. The third-order valence-electron chi connectivity index (χ3n) is 2.67. The van der Waals surface area contributed by atoms with Gasteiger partial charge in [0.05, 0.1) is 4.92 Å². The summed E-state index contributed by atoms with van der Waals surface area (Å²) >= 11 is 0. The van der Waals surface area contributed by atoms with Gasteiger partial charge in [-0.05, 0) is 31.5 Å². The highest BCUT2D eigenvalue weighted by molar-refractivity contribution is 5.94. The van der Waals surface area contributed by atoms with Crippen LogP contribution in [0.5, 0.6) is 0 Å². The lowest BCUT2D eigenvalue weighted by atomic mass is 10.1. The van der Waals surface area contributed by atoms with Gasteiger partial charge in [0.1, 0.15) is 5.69 Å². The van der Waals surface area contributed by atoms with Crippen molar-refractivity contribution in [2.45, 2.75) is 19.0 Å². The molecule has 1 aromatic rings. The van der Waals surface area contributed by atoms with Gasteiger partial charge in [0.15, 0.2) is 0 Å². The SMILES string of the molecule is NCCCCNc1ccc(C(N)=O)cc1[N+](=O)[O-].O=C(O)C(F)(F)F. The van der Waals surface area contributed by atoms with Crippen LogP contribution < -0.4 is 16.8 Å². The Bertz CT molecular complexity index is 622. The molecule has 0 saturated carbocycles. The van der Waals surface area contributed by atoms with Crippen LogP contribution in [0, 0.1) is 10.1 Å². The molecular formula is C13H17F3N4O5. The molecule has 12 heteroatoms. The van der Waals surface area contributed by atoms with Gasteiger partial charge in [-0.1, -0.05) is 0 Å². The summed E-state index contributed by atoms with van der Waals surface area (Å²) in [5, 5.41) is 21.0. The van der Waals surface area contributed by atoms with E-state index in [4.69, 9.17) is 21.4 Å². The van der Waals surface area contributed by atoms with Crippen molar-refractivity contribution in [2.24, 2.45) is 11.5 Å². The number of benzene rings is 1. The highest BCUT2D eigenvalue weighted by Gasteiger charge is 2.38. The molecule has 0 atom stereocenters. The zero-order chi connectivity index (χ0) is 19.6. The third-order valence-corrected chi connectivity index (χ3v) is 2.67. The molecule has 0 bridgehead atoms. The van der Waals surface area contributed by atoms with E-state index in [9.17, 15) is 28.1 Å². The van der Waals surface area contributed by atoms with Gasteiger partial charge in [-0.3, -0.25) is 14.9 Å².